The highest BCUT2D eigenvalue weighted by atomic mass is 19.1. The number of halogens is 1. The molecule has 4 heteroatoms. The van der Waals surface area contributed by atoms with Crippen molar-refractivity contribution in [1.29, 1.82) is 5.26 Å². The largest absolute Gasteiger partial charge is 0.473 e. The molecule has 0 atom stereocenters. The summed E-state index contributed by atoms with van der Waals surface area (Å²) in [5.74, 6) is -0.193. The van der Waals surface area contributed by atoms with Crippen LogP contribution in [0.5, 0.6) is 5.88 Å². The fourth-order valence-electron chi connectivity index (χ4n) is 1.37. The molecule has 0 radical (unpaired) electrons. The van der Waals surface area contributed by atoms with Crippen LogP contribution in [0.3, 0.4) is 0 Å². The van der Waals surface area contributed by atoms with Crippen LogP contribution in [-0.4, -0.2) is 4.98 Å². The van der Waals surface area contributed by atoms with Gasteiger partial charge in [-0.25, -0.2) is 9.37 Å². The number of hydrogen-bond acceptors (Lipinski definition) is 3. The zero-order chi connectivity index (χ0) is 12.1. The molecule has 2 rings (SSSR count). The molecule has 0 fully saturated rings. The summed E-state index contributed by atoms with van der Waals surface area (Å²) in [6.07, 6.45) is 1.33. The van der Waals surface area contributed by atoms with E-state index in [-0.39, 0.29) is 12.5 Å². The van der Waals surface area contributed by atoms with E-state index in [1.807, 2.05) is 6.07 Å². The van der Waals surface area contributed by atoms with E-state index in [1.165, 1.54) is 18.3 Å². The van der Waals surface area contributed by atoms with Crippen molar-refractivity contribution in [2.75, 3.05) is 0 Å². The quantitative estimate of drug-likeness (QED) is 0.811. The molecule has 0 bridgehead atoms. The molecule has 1 aromatic carbocycles. The summed E-state index contributed by atoms with van der Waals surface area (Å²) in [5, 5.41) is 8.88. The monoisotopic (exact) mass is 228 g/mol. The summed E-state index contributed by atoms with van der Waals surface area (Å²) in [7, 11) is 0. The van der Waals surface area contributed by atoms with Crippen molar-refractivity contribution in [3.63, 3.8) is 0 Å². The van der Waals surface area contributed by atoms with Gasteiger partial charge in [-0.05, 0) is 12.1 Å². The lowest BCUT2D eigenvalue weighted by atomic mass is 10.1. The van der Waals surface area contributed by atoms with Gasteiger partial charge in [-0.15, -0.1) is 0 Å². The first-order valence-corrected chi connectivity index (χ1v) is 5.02. The Labute approximate surface area is 98.1 Å². The van der Waals surface area contributed by atoms with Gasteiger partial charge in [0.05, 0.1) is 11.6 Å². The molecule has 0 aliphatic heterocycles. The Morgan fingerprint density at radius 1 is 1.29 bits per heavy atom. The minimum Gasteiger partial charge on any atom is -0.473 e. The predicted octanol–water partition coefficient (Wildman–Crippen LogP) is 2.67. The molecule has 1 aromatic heterocycles. The van der Waals surface area contributed by atoms with Gasteiger partial charge in [0.25, 0.3) is 0 Å². The van der Waals surface area contributed by atoms with Crippen molar-refractivity contribution < 1.29 is 9.13 Å². The standard InChI is InChI=1S/C13H9FN2O/c14-12-5-6-16-13(7-12)17-9-11-4-2-1-3-10(11)8-15/h1-7H,9H2. The van der Waals surface area contributed by atoms with Crippen LogP contribution in [0.4, 0.5) is 4.39 Å². The van der Waals surface area contributed by atoms with E-state index >= 15 is 0 Å². The first-order valence-electron chi connectivity index (χ1n) is 5.02. The third-order valence-electron chi connectivity index (χ3n) is 2.21. The number of benzene rings is 1. The highest BCUT2D eigenvalue weighted by molar-refractivity contribution is 5.37. The van der Waals surface area contributed by atoms with Gasteiger partial charge >= 0.3 is 0 Å². The summed E-state index contributed by atoms with van der Waals surface area (Å²) in [4.78, 5) is 3.87. The summed E-state index contributed by atoms with van der Waals surface area (Å²) >= 11 is 0. The van der Waals surface area contributed by atoms with Gasteiger partial charge in [-0.1, -0.05) is 18.2 Å². The molecular formula is C13H9FN2O. The van der Waals surface area contributed by atoms with Crippen molar-refractivity contribution in [1.82, 2.24) is 4.98 Å². The van der Waals surface area contributed by atoms with Gasteiger partial charge in [0.2, 0.25) is 5.88 Å². The molecule has 17 heavy (non-hydrogen) atoms. The molecule has 84 valence electrons. The Hall–Kier alpha value is -2.41. The minimum atomic E-state index is -0.399. The number of pyridine rings is 1. The topological polar surface area (TPSA) is 45.9 Å². The zero-order valence-corrected chi connectivity index (χ0v) is 8.93. The first kappa shape index (κ1) is 11.1. The molecule has 0 N–H and O–H groups in total. The van der Waals surface area contributed by atoms with Gasteiger partial charge < -0.3 is 4.74 Å². The lowest BCUT2D eigenvalue weighted by Crippen LogP contribution is -1.99. The Bertz CT molecular complexity index is 563. The fraction of sp³-hybridized carbons (Fsp3) is 0.0769. The molecule has 1 heterocycles. The van der Waals surface area contributed by atoms with E-state index < -0.39 is 5.82 Å². The zero-order valence-electron chi connectivity index (χ0n) is 8.93. The average molecular weight is 228 g/mol. The van der Waals surface area contributed by atoms with Gasteiger partial charge in [-0.2, -0.15) is 5.26 Å². The lowest BCUT2D eigenvalue weighted by molar-refractivity contribution is 0.292. The van der Waals surface area contributed by atoms with Gasteiger partial charge in [0, 0.05) is 17.8 Å². The Balaban J connectivity index is 2.10. The van der Waals surface area contributed by atoms with Gasteiger partial charge in [0.1, 0.15) is 12.4 Å². The Morgan fingerprint density at radius 2 is 2.12 bits per heavy atom. The maximum Gasteiger partial charge on any atom is 0.216 e. The second kappa shape index (κ2) is 5.08. The molecular weight excluding hydrogens is 219 g/mol. The maximum absolute atomic E-state index is 12.9. The van der Waals surface area contributed by atoms with Crippen LogP contribution < -0.4 is 4.74 Å². The lowest BCUT2D eigenvalue weighted by Gasteiger charge is -2.06. The first-order chi connectivity index (χ1) is 8.29. The third kappa shape index (κ3) is 2.79. The van der Waals surface area contributed by atoms with E-state index in [0.29, 0.717) is 5.56 Å². The highest BCUT2D eigenvalue weighted by Gasteiger charge is 2.03. The van der Waals surface area contributed by atoms with Crippen LogP contribution in [0.15, 0.2) is 42.6 Å². The number of nitrogens with zero attached hydrogens (tertiary/aromatic N) is 2. The van der Waals surface area contributed by atoms with E-state index in [4.69, 9.17) is 10.00 Å². The van der Waals surface area contributed by atoms with Gasteiger partial charge in [-0.3, -0.25) is 0 Å². The summed E-state index contributed by atoms with van der Waals surface area (Å²) in [6.45, 7) is 0.195. The van der Waals surface area contributed by atoms with Crippen LogP contribution in [0.1, 0.15) is 11.1 Å². The Morgan fingerprint density at radius 3 is 2.88 bits per heavy atom. The van der Waals surface area contributed by atoms with Crippen LogP contribution >= 0.6 is 0 Å². The number of rotatable bonds is 3. The Kier molecular flexibility index (Phi) is 3.31. The number of ether oxygens (including phenoxy) is 1. The molecule has 2 aromatic rings. The summed E-state index contributed by atoms with van der Waals surface area (Å²) < 4.78 is 18.2. The molecule has 0 aliphatic carbocycles. The molecule has 0 saturated heterocycles. The summed E-state index contributed by atoms with van der Waals surface area (Å²) in [6, 6.07) is 11.6. The minimum absolute atomic E-state index is 0.195. The predicted molar refractivity (Wildman–Crippen MR) is 59.7 cm³/mol. The van der Waals surface area contributed by atoms with Crippen molar-refractivity contribution >= 4 is 0 Å². The smallest absolute Gasteiger partial charge is 0.216 e. The summed E-state index contributed by atoms with van der Waals surface area (Å²) in [5.41, 5.74) is 1.30. The molecule has 3 nitrogen and oxygen atoms in total. The molecule has 0 amide bonds. The maximum atomic E-state index is 12.9. The molecule has 0 unspecified atom stereocenters. The van der Waals surface area contributed by atoms with Crippen molar-refractivity contribution in [2.45, 2.75) is 6.61 Å². The van der Waals surface area contributed by atoms with E-state index in [2.05, 4.69) is 11.1 Å². The van der Waals surface area contributed by atoms with E-state index in [1.54, 1.807) is 18.2 Å². The SMILES string of the molecule is N#Cc1ccccc1COc1cc(F)ccn1. The van der Waals surface area contributed by atoms with Crippen molar-refractivity contribution in [2.24, 2.45) is 0 Å². The second-order valence-corrected chi connectivity index (χ2v) is 3.37. The molecule has 0 spiro atoms. The number of hydrogen-bond donors (Lipinski definition) is 0. The van der Waals surface area contributed by atoms with Crippen LogP contribution in [0, 0.1) is 17.1 Å². The second-order valence-electron chi connectivity index (χ2n) is 3.37. The van der Waals surface area contributed by atoms with Crippen LogP contribution in [0.25, 0.3) is 0 Å². The van der Waals surface area contributed by atoms with Crippen LogP contribution in [0.2, 0.25) is 0 Å². The normalized spacial score (nSPS) is 9.65. The van der Waals surface area contributed by atoms with Crippen molar-refractivity contribution in [3.05, 3.63) is 59.5 Å². The molecule has 0 saturated carbocycles. The van der Waals surface area contributed by atoms with Crippen LogP contribution in [-0.2, 0) is 6.61 Å². The highest BCUT2D eigenvalue weighted by Crippen LogP contribution is 2.13. The number of nitriles is 1. The molecule has 0 aliphatic rings. The van der Waals surface area contributed by atoms with Crippen molar-refractivity contribution in [3.8, 4) is 11.9 Å². The van der Waals surface area contributed by atoms with E-state index in [9.17, 15) is 4.39 Å². The fourth-order valence-corrected chi connectivity index (χ4v) is 1.37. The third-order valence-corrected chi connectivity index (χ3v) is 2.21. The average Bonchev–Trinajstić information content (AvgIpc) is 2.37. The number of aromatic nitrogens is 1. The van der Waals surface area contributed by atoms with Gasteiger partial charge in [0.15, 0.2) is 0 Å². The van der Waals surface area contributed by atoms with E-state index in [0.717, 1.165) is 5.56 Å².